The van der Waals surface area contributed by atoms with Crippen molar-refractivity contribution in [2.24, 2.45) is 11.1 Å². The number of rotatable bonds is 7. The van der Waals surface area contributed by atoms with E-state index >= 15 is 0 Å². The third-order valence-corrected chi connectivity index (χ3v) is 7.84. The van der Waals surface area contributed by atoms with E-state index in [1.165, 1.54) is 0 Å². The first-order valence-corrected chi connectivity index (χ1v) is 10.6. The molecule has 3 atom stereocenters. The summed E-state index contributed by atoms with van der Waals surface area (Å²) in [6.45, 7) is 3.10. The minimum Gasteiger partial charge on any atom is -0.454 e. The molecule has 0 aromatic heterocycles. The molecule has 0 unspecified atom stereocenters. The molecule has 1 heterocycles. The summed E-state index contributed by atoms with van der Waals surface area (Å²) in [5.41, 5.74) is 6.34. The number of ether oxygens (including phenoxy) is 3. The summed E-state index contributed by atoms with van der Waals surface area (Å²) in [4.78, 5) is 0.313. The van der Waals surface area contributed by atoms with E-state index in [1.54, 1.807) is 30.3 Å². The molecule has 0 saturated heterocycles. The zero-order chi connectivity index (χ0) is 19.1. The standard InChI is InChI=1S/C20H23NO5S/c1-2-24-12-20(11-21)18(14-8-9-16-17(10-14)26-13-25-16)19(20)27(22,23)15-6-4-3-5-7-15/h3-10,18-19H,2,11-13,21H2,1H3/t18-,19+,20-/m1/s1. The van der Waals surface area contributed by atoms with Crippen LogP contribution in [0.3, 0.4) is 0 Å². The molecule has 2 N–H and O–H groups in total. The summed E-state index contributed by atoms with van der Waals surface area (Å²) < 4.78 is 43.3. The average Bonchev–Trinajstić information content (AvgIpc) is 3.15. The first-order valence-electron chi connectivity index (χ1n) is 9.01. The highest BCUT2D eigenvalue weighted by Crippen LogP contribution is 2.64. The minimum atomic E-state index is -3.56. The van der Waals surface area contributed by atoms with Gasteiger partial charge >= 0.3 is 0 Å². The molecule has 0 bridgehead atoms. The summed E-state index contributed by atoms with van der Waals surface area (Å²) in [6.07, 6.45) is 0. The second kappa shape index (κ2) is 6.82. The van der Waals surface area contributed by atoms with Gasteiger partial charge in [-0.2, -0.15) is 0 Å². The first kappa shape index (κ1) is 18.3. The molecule has 1 aliphatic heterocycles. The van der Waals surface area contributed by atoms with Gasteiger partial charge in [-0.05, 0) is 36.8 Å². The van der Waals surface area contributed by atoms with Gasteiger partial charge in [0, 0.05) is 24.5 Å². The monoisotopic (exact) mass is 389 g/mol. The van der Waals surface area contributed by atoms with Crippen molar-refractivity contribution >= 4 is 9.84 Å². The van der Waals surface area contributed by atoms with Gasteiger partial charge in [0.05, 0.1) is 16.8 Å². The summed E-state index contributed by atoms with van der Waals surface area (Å²) in [6, 6.07) is 14.1. The Morgan fingerprint density at radius 2 is 1.89 bits per heavy atom. The topological polar surface area (TPSA) is 87.8 Å². The average molecular weight is 389 g/mol. The molecule has 7 heteroatoms. The van der Waals surface area contributed by atoms with Crippen molar-refractivity contribution in [3.05, 3.63) is 54.1 Å². The predicted molar refractivity (Wildman–Crippen MR) is 101 cm³/mol. The number of hydrogen-bond donors (Lipinski definition) is 1. The molecule has 2 aromatic rings. The van der Waals surface area contributed by atoms with Crippen LogP contribution in [0.5, 0.6) is 11.5 Å². The second-order valence-corrected chi connectivity index (χ2v) is 9.01. The van der Waals surface area contributed by atoms with E-state index in [0.717, 1.165) is 5.56 Å². The van der Waals surface area contributed by atoms with Gasteiger partial charge in [0.1, 0.15) is 0 Å². The van der Waals surface area contributed by atoms with Crippen LogP contribution >= 0.6 is 0 Å². The molecule has 2 aromatic carbocycles. The van der Waals surface area contributed by atoms with Crippen molar-refractivity contribution in [2.75, 3.05) is 26.6 Å². The Hall–Kier alpha value is -2.09. The highest BCUT2D eigenvalue weighted by Gasteiger charge is 2.70. The van der Waals surface area contributed by atoms with Crippen LogP contribution in [-0.4, -0.2) is 40.2 Å². The van der Waals surface area contributed by atoms with Crippen molar-refractivity contribution in [3.8, 4) is 11.5 Å². The smallest absolute Gasteiger partial charge is 0.231 e. The van der Waals surface area contributed by atoms with Crippen LogP contribution in [0.2, 0.25) is 0 Å². The number of nitrogens with two attached hydrogens (primary N) is 1. The van der Waals surface area contributed by atoms with Crippen LogP contribution in [-0.2, 0) is 14.6 Å². The van der Waals surface area contributed by atoms with Crippen LogP contribution in [0.1, 0.15) is 18.4 Å². The van der Waals surface area contributed by atoms with E-state index in [1.807, 2.05) is 25.1 Å². The van der Waals surface area contributed by atoms with Gasteiger partial charge in [-0.15, -0.1) is 0 Å². The van der Waals surface area contributed by atoms with Gasteiger partial charge in [0.25, 0.3) is 0 Å². The molecule has 1 aliphatic carbocycles. The molecule has 0 spiro atoms. The minimum absolute atomic E-state index is 0.177. The molecule has 2 aliphatic rings. The van der Waals surface area contributed by atoms with Crippen LogP contribution in [0.15, 0.2) is 53.4 Å². The zero-order valence-electron chi connectivity index (χ0n) is 15.1. The number of sulfone groups is 1. The van der Waals surface area contributed by atoms with Crippen LogP contribution in [0, 0.1) is 5.41 Å². The molecule has 0 radical (unpaired) electrons. The van der Waals surface area contributed by atoms with Crippen LogP contribution in [0.25, 0.3) is 0 Å². The summed E-state index contributed by atoms with van der Waals surface area (Å²) in [5, 5.41) is -0.635. The van der Waals surface area contributed by atoms with E-state index in [0.29, 0.717) is 29.6 Å². The molecule has 1 fully saturated rings. The fraction of sp³-hybridized carbons (Fsp3) is 0.400. The molecule has 0 amide bonds. The third kappa shape index (κ3) is 2.90. The van der Waals surface area contributed by atoms with E-state index in [2.05, 4.69) is 0 Å². The normalized spacial score (nSPS) is 26.1. The van der Waals surface area contributed by atoms with Crippen LogP contribution in [0.4, 0.5) is 0 Å². The first-order chi connectivity index (χ1) is 13.0. The van der Waals surface area contributed by atoms with Gasteiger partial charge < -0.3 is 19.9 Å². The Kier molecular flexibility index (Phi) is 4.61. The number of hydrogen-bond acceptors (Lipinski definition) is 6. The van der Waals surface area contributed by atoms with Gasteiger partial charge in [-0.1, -0.05) is 24.3 Å². The highest BCUT2D eigenvalue weighted by molar-refractivity contribution is 7.92. The van der Waals surface area contributed by atoms with Gasteiger partial charge in [0.2, 0.25) is 6.79 Å². The lowest BCUT2D eigenvalue weighted by Crippen LogP contribution is -2.29. The van der Waals surface area contributed by atoms with E-state index in [-0.39, 0.29) is 19.3 Å². The highest BCUT2D eigenvalue weighted by atomic mass is 32.2. The third-order valence-electron chi connectivity index (χ3n) is 5.50. The summed E-state index contributed by atoms with van der Waals surface area (Å²) in [5.74, 6) is 1.05. The predicted octanol–water partition coefficient (Wildman–Crippen LogP) is 2.34. The van der Waals surface area contributed by atoms with E-state index in [4.69, 9.17) is 19.9 Å². The Balaban J connectivity index is 1.76. The van der Waals surface area contributed by atoms with E-state index in [9.17, 15) is 8.42 Å². The zero-order valence-corrected chi connectivity index (χ0v) is 15.9. The maximum Gasteiger partial charge on any atom is 0.231 e. The SMILES string of the molecule is CCOC[C@]1(CN)[C@H](c2ccc3c(c2)OCO3)[C@@H]1S(=O)(=O)c1ccccc1. The van der Waals surface area contributed by atoms with Crippen molar-refractivity contribution in [2.45, 2.75) is 23.0 Å². The lowest BCUT2D eigenvalue weighted by molar-refractivity contribution is 0.101. The maximum absolute atomic E-state index is 13.4. The van der Waals surface area contributed by atoms with Crippen LogP contribution < -0.4 is 15.2 Å². The lowest BCUT2D eigenvalue weighted by atomic mass is 9.99. The van der Waals surface area contributed by atoms with Crippen molar-refractivity contribution in [3.63, 3.8) is 0 Å². The molecule has 144 valence electrons. The van der Waals surface area contributed by atoms with E-state index < -0.39 is 20.5 Å². The molecular weight excluding hydrogens is 366 g/mol. The van der Waals surface area contributed by atoms with Gasteiger partial charge in [0.15, 0.2) is 21.3 Å². The molecule has 27 heavy (non-hydrogen) atoms. The Morgan fingerprint density at radius 3 is 2.59 bits per heavy atom. The van der Waals surface area contributed by atoms with Crippen molar-refractivity contribution < 1.29 is 22.6 Å². The Bertz CT molecular complexity index is 931. The lowest BCUT2D eigenvalue weighted by Gasteiger charge is -2.16. The van der Waals surface area contributed by atoms with Crippen molar-refractivity contribution in [1.82, 2.24) is 0 Å². The summed E-state index contributed by atoms with van der Waals surface area (Å²) in [7, 11) is -3.56. The fourth-order valence-electron chi connectivity index (χ4n) is 4.08. The molecule has 1 saturated carbocycles. The van der Waals surface area contributed by atoms with Crippen molar-refractivity contribution in [1.29, 1.82) is 0 Å². The maximum atomic E-state index is 13.4. The second-order valence-electron chi connectivity index (χ2n) is 6.94. The fourth-order valence-corrected chi connectivity index (χ4v) is 6.54. The number of benzene rings is 2. The Labute approximate surface area is 159 Å². The Morgan fingerprint density at radius 1 is 1.15 bits per heavy atom. The summed E-state index contributed by atoms with van der Waals surface area (Å²) >= 11 is 0. The van der Waals surface area contributed by atoms with Gasteiger partial charge in [-0.25, -0.2) is 8.42 Å². The molecule has 4 rings (SSSR count). The van der Waals surface area contributed by atoms with Gasteiger partial charge in [-0.3, -0.25) is 0 Å². The number of fused-ring (bicyclic) bond motifs is 1. The quantitative estimate of drug-likeness (QED) is 0.782. The largest absolute Gasteiger partial charge is 0.454 e. The molecular formula is C20H23NO5S. The molecule has 6 nitrogen and oxygen atoms in total.